The summed E-state index contributed by atoms with van der Waals surface area (Å²) >= 11 is 0. The Bertz CT molecular complexity index is 1230. The molecule has 1 saturated heterocycles. The molecule has 1 aliphatic heterocycles. The van der Waals surface area contributed by atoms with E-state index in [1.165, 1.54) is 11.0 Å². The molecule has 3 aromatic carbocycles. The van der Waals surface area contributed by atoms with Gasteiger partial charge in [-0.3, -0.25) is 9.59 Å². The molecule has 1 unspecified atom stereocenters. The minimum absolute atomic E-state index is 0.0232. The standard InChI is InChI=1S/C28H27NO5/c1-3-34-23-17-21(13-14-22(23)30)25-24(26(31)20-11-9-18(2)10-12-20)27(32)28(33)29(25)16-15-19-7-5-4-6-8-19/h4-14,17,25,30-31H,3,15-16H2,1-2H3. The van der Waals surface area contributed by atoms with E-state index in [9.17, 15) is 19.8 Å². The van der Waals surface area contributed by atoms with Crippen molar-refractivity contribution in [2.24, 2.45) is 0 Å². The predicted octanol–water partition coefficient (Wildman–Crippen LogP) is 4.76. The Balaban J connectivity index is 1.81. The molecule has 6 nitrogen and oxygen atoms in total. The topological polar surface area (TPSA) is 87.1 Å². The summed E-state index contributed by atoms with van der Waals surface area (Å²) in [5.41, 5.74) is 3.09. The van der Waals surface area contributed by atoms with Crippen molar-refractivity contribution < 1.29 is 24.5 Å². The Morgan fingerprint density at radius 1 is 1.00 bits per heavy atom. The van der Waals surface area contributed by atoms with Crippen LogP contribution in [0.1, 0.15) is 35.2 Å². The van der Waals surface area contributed by atoms with E-state index < -0.39 is 17.7 Å². The average molecular weight is 458 g/mol. The molecule has 4 rings (SSSR count). The number of ketones is 1. The molecule has 1 fully saturated rings. The van der Waals surface area contributed by atoms with Gasteiger partial charge in [-0.25, -0.2) is 0 Å². The van der Waals surface area contributed by atoms with Gasteiger partial charge < -0.3 is 19.8 Å². The number of benzene rings is 3. The lowest BCUT2D eigenvalue weighted by atomic mass is 9.94. The van der Waals surface area contributed by atoms with Crippen LogP contribution >= 0.6 is 0 Å². The Morgan fingerprint density at radius 3 is 2.38 bits per heavy atom. The molecule has 174 valence electrons. The fraction of sp³-hybridized carbons (Fsp3) is 0.214. The summed E-state index contributed by atoms with van der Waals surface area (Å²) in [7, 11) is 0. The number of ether oxygens (including phenoxy) is 1. The summed E-state index contributed by atoms with van der Waals surface area (Å²) in [6.45, 7) is 4.36. The molecule has 3 aromatic rings. The minimum Gasteiger partial charge on any atom is -0.507 e. The van der Waals surface area contributed by atoms with Gasteiger partial charge in [-0.05, 0) is 43.5 Å². The fourth-order valence-corrected chi connectivity index (χ4v) is 4.19. The van der Waals surface area contributed by atoms with E-state index in [-0.39, 0.29) is 29.4 Å². The summed E-state index contributed by atoms with van der Waals surface area (Å²) in [5.74, 6) is -1.41. The number of carbonyl (C=O) groups is 2. The van der Waals surface area contributed by atoms with Gasteiger partial charge in [-0.2, -0.15) is 0 Å². The van der Waals surface area contributed by atoms with Crippen molar-refractivity contribution in [3.8, 4) is 11.5 Å². The van der Waals surface area contributed by atoms with E-state index in [4.69, 9.17) is 4.74 Å². The predicted molar refractivity (Wildman–Crippen MR) is 130 cm³/mol. The molecule has 1 amide bonds. The monoisotopic (exact) mass is 457 g/mol. The number of carbonyl (C=O) groups excluding carboxylic acids is 2. The van der Waals surface area contributed by atoms with Crippen LogP contribution in [0.5, 0.6) is 11.5 Å². The number of amides is 1. The number of aryl methyl sites for hydroxylation is 1. The SMILES string of the molecule is CCOc1cc(C2C(=C(O)c3ccc(C)cc3)C(=O)C(=O)N2CCc2ccccc2)ccc1O. The van der Waals surface area contributed by atoms with Crippen LogP contribution in [-0.4, -0.2) is 40.0 Å². The van der Waals surface area contributed by atoms with Crippen molar-refractivity contribution in [2.45, 2.75) is 26.3 Å². The van der Waals surface area contributed by atoms with Gasteiger partial charge in [0.05, 0.1) is 18.2 Å². The number of Topliss-reactive ketones (excluding diaryl/α,β-unsaturated/α-hetero) is 1. The zero-order valence-electron chi connectivity index (χ0n) is 19.2. The van der Waals surface area contributed by atoms with Gasteiger partial charge in [0.25, 0.3) is 11.7 Å². The summed E-state index contributed by atoms with van der Waals surface area (Å²) in [6.07, 6.45) is 0.547. The molecule has 1 atom stereocenters. The number of phenolic OH excluding ortho intramolecular Hbond substituents is 1. The first-order valence-electron chi connectivity index (χ1n) is 11.3. The number of aliphatic hydroxyl groups is 1. The maximum absolute atomic E-state index is 13.2. The molecule has 1 heterocycles. The van der Waals surface area contributed by atoms with Gasteiger partial charge in [-0.15, -0.1) is 0 Å². The summed E-state index contributed by atoms with van der Waals surface area (Å²) < 4.78 is 5.53. The lowest BCUT2D eigenvalue weighted by Gasteiger charge is -2.26. The Kier molecular flexibility index (Phi) is 6.68. The summed E-state index contributed by atoms with van der Waals surface area (Å²) in [4.78, 5) is 27.8. The molecule has 6 heteroatoms. The van der Waals surface area contributed by atoms with Gasteiger partial charge in [0, 0.05) is 12.1 Å². The number of aromatic hydroxyl groups is 1. The summed E-state index contributed by atoms with van der Waals surface area (Å²) in [6, 6.07) is 20.7. The maximum Gasteiger partial charge on any atom is 0.295 e. The van der Waals surface area contributed by atoms with E-state index in [2.05, 4.69) is 0 Å². The first kappa shape index (κ1) is 23.1. The van der Waals surface area contributed by atoms with Gasteiger partial charge in [0.1, 0.15) is 5.76 Å². The summed E-state index contributed by atoms with van der Waals surface area (Å²) in [5, 5.41) is 21.3. The quantitative estimate of drug-likeness (QED) is 0.303. The van der Waals surface area contributed by atoms with E-state index in [0.29, 0.717) is 24.2 Å². The van der Waals surface area contributed by atoms with Crippen LogP contribution in [0.15, 0.2) is 78.4 Å². The lowest BCUT2D eigenvalue weighted by Crippen LogP contribution is -2.31. The molecule has 34 heavy (non-hydrogen) atoms. The highest BCUT2D eigenvalue weighted by Gasteiger charge is 2.46. The molecule has 0 aromatic heterocycles. The average Bonchev–Trinajstić information content (AvgIpc) is 3.10. The number of nitrogens with zero attached hydrogens (tertiary/aromatic N) is 1. The second-order valence-corrected chi connectivity index (χ2v) is 8.25. The molecule has 0 saturated carbocycles. The van der Waals surface area contributed by atoms with Crippen molar-refractivity contribution in [2.75, 3.05) is 13.2 Å². The largest absolute Gasteiger partial charge is 0.507 e. The number of hydrogen-bond acceptors (Lipinski definition) is 5. The maximum atomic E-state index is 13.2. The van der Waals surface area contributed by atoms with Crippen LogP contribution in [-0.2, 0) is 16.0 Å². The second-order valence-electron chi connectivity index (χ2n) is 8.25. The van der Waals surface area contributed by atoms with Gasteiger partial charge in [-0.1, -0.05) is 66.2 Å². The highest BCUT2D eigenvalue weighted by Crippen LogP contribution is 2.41. The van der Waals surface area contributed by atoms with Crippen LogP contribution in [0, 0.1) is 6.92 Å². The van der Waals surface area contributed by atoms with Crippen LogP contribution in [0.4, 0.5) is 0 Å². The van der Waals surface area contributed by atoms with E-state index in [1.54, 1.807) is 31.2 Å². The number of aliphatic hydroxyl groups excluding tert-OH is 1. The molecular weight excluding hydrogens is 430 g/mol. The van der Waals surface area contributed by atoms with Crippen LogP contribution < -0.4 is 4.74 Å². The number of likely N-dealkylation sites (tertiary alicyclic amines) is 1. The molecule has 1 aliphatic rings. The van der Waals surface area contributed by atoms with Crippen molar-refractivity contribution in [3.63, 3.8) is 0 Å². The van der Waals surface area contributed by atoms with Crippen LogP contribution in [0.2, 0.25) is 0 Å². The van der Waals surface area contributed by atoms with E-state index in [0.717, 1.165) is 11.1 Å². The molecule has 0 aliphatic carbocycles. The molecule has 0 bridgehead atoms. The normalized spacial score (nSPS) is 17.2. The van der Waals surface area contributed by atoms with E-state index >= 15 is 0 Å². The Labute approximate surface area is 198 Å². The van der Waals surface area contributed by atoms with Gasteiger partial charge >= 0.3 is 0 Å². The fourth-order valence-electron chi connectivity index (χ4n) is 4.19. The number of rotatable bonds is 7. The third-order valence-corrected chi connectivity index (χ3v) is 5.95. The number of phenols is 1. The zero-order valence-corrected chi connectivity index (χ0v) is 19.2. The molecule has 0 radical (unpaired) electrons. The second kappa shape index (κ2) is 9.83. The lowest BCUT2D eigenvalue weighted by molar-refractivity contribution is -0.139. The van der Waals surface area contributed by atoms with Crippen LogP contribution in [0.3, 0.4) is 0 Å². The van der Waals surface area contributed by atoms with Crippen LogP contribution in [0.25, 0.3) is 5.76 Å². The highest BCUT2D eigenvalue weighted by atomic mass is 16.5. The molecule has 0 spiro atoms. The smallest absolute Gasteiger partial charge is 0.295 e. The zero-order chi connectivity index (χ0) is 24.2. The third kappa shape index (κ3) is 4.53. The van der Waals surface area contributed by atoms with Crippen molar-refractivity contribution in [1.29, 1.82) is 0 Å². The van der Waals surface area contributed by atoms with Crippen molar-refractivity contribution in [3.05, 3.63) is 101 Å². The van der Waals surface area contributed by atoms with Gasteiger partial charge in [0.2, 0.25) is 0 Å². The highest BCUT2D eigenvalue weighted by molar-refractivity contribution is 6.46. The first-order chi connectivity index (χ1) is 16.4. The molecular formula is C28H27NO5. The molecule has 2 N–H and O–H groups in total. The van der Waals surface area contributed by atoms with Crippen molar-refractivity contribution in [1.82, 2.24) is 4.90 Å². The number of hydrogen-bond donors (Lipinski definition) is 2. The van der Waals surface area contributed by atoms with Gasteiger partial charge in [0.15, 0.2) is 11.5 Å². The van der Waals surface area contributed by atoms with E-state index in [1.807, 2.05) is 49.4 Å². The minimum atomic E-state index is -0.815. The first-order valence-corrected chi connectivity index (χ1v) is 11.3. The Morgan fingerprint density at radius 2 is 1.71 bits per heavy atom. The van der Waals surface area contributed by atoms with Crippen molar-refractivity contribution >= 4 is 17.4 Å². The Hall–Kier alpha value is -4.06. The third-order valence-electron chi connectivity index (χ3n) is 5.95.